The molecule has 0 fully saturated rings. The number of hydrogen-bond acceptors (Lipinski definition) is 5. The van der Waals surface area contributed by atoms with Gasteiger partial charge in [-0.1, -0.05) is 17.3 Å². The fourth-order valence-electron chi connectivity index (χ4n) is 1.72. The Balaban J connectivity index is 0.00000220. The largest absolute Gasteiger partial charge is 0.350 e. The predicted octanol–water partition coefficient (Wildman–Crippen LogP) is 1.80. The number of nitrogens with zero attached hydrogens (tertiary/aromatic N) is 2. The van der Waals surface area contributed by atoms with E-state index in [2.05, 4.69) is 20.8 Å². The summed E-state index contributed by atoms with van der Waals surface area (Å²) in [5.74, 6) is 0.743. The maximum atomic E-state index is 12.2. The Labute approximate surface area is 129 Å². The van der Waals surface area contributed by atoms with Crippen LogP contribution in [0.2, 0.25) is 0 Å². The zero-order valence-corrected chi connectivity index (χ0v) is 13.0. The Morgan fingerprint density at radius 3 is 2.71 bits per heavy atom. The van der Waals surface area contributed by atoms with Crippen molar-refractivity contribution in [2.24, 2.45) is 0 Å². The number of hydrogen-bond donors (Lipinski definition) is 2. The standard InChI is InChI=1S/C14H18N4O2.ClH/c1-9(15-3)8-16-13(19)11-6-4-5-7-12(11)14-17-10(2)18-20-14;/h4-7,9,15H,8H2,1-3H3,(H,16,19);1H. The third-order valence-electron chi connectivity index (χ3n) is 2.99. The molecular formula is C14H19ClN4O2. The van der Waals surface area contributed by atoms with Gasteiger partial charge in [-0.05, 0) is 33.0 Å². The minimum absolute atomic E-state index is 0. The van der Waals surface area contributed by atoms with Crippen LogP contribution >= 0.6 is 12.4 Å². The van der Waals surface area contributed by atoms with E-state index in [4.69, 9.17) is 4.52 Å². The molecule has 0 saturated carbocycles. The average Bonchev–Trinajstić information content (AvgIpc) is 2.90. The van der Waals surface area contributed by atoms with Gasteiger partial charge < -0.3 is 15.2 Å². The smallest absolute Gasteiger partial charge is 0.258 e. The first kappa shape index (κ1) is 17.1. The van der Waals surface area contributed by atoms with Crippen molar-refractivity contribution in [2.75, 3.05) is 13.6 Å². The summed E-state index contributed by atoms with van der Waals surface area (Å²) in [4.78, 5) is 16.4. The monoisotopic (exact) mass is 310 g/mol. The van der Waals surface area contributed by atoms with E-state index in [1.807, 2.05) is 26.1 Å². The number of carbonyl (C=O) groups excluding carboxylic acids is 1. The van der Waals surface area contributed by atoms with E-state index in [1.54, 1.807) is 19.1 Å². The molecule has 114 valence electrons. The second kappa shape index (κ2) is 7.75. The first-order chi connectivity index (χ1) is 9.61. The molecule has 1 unspecified atom stereocenters. The number of likely N-dealkylation sites (N-methyl/N-ethyl adjacent to an activating group) is 1. The second-order valence-corrected chi connectivity index (χ2v) is 4.59. The number of halogens is 1. The molecule has 0 bridgehead atoms. The van der Waals surface area contributed by atoms with Crippen LogP contribution in [0.25, 0.3) is 11.5 Å². The van der Waals surface area contributed by atoms with Crippen molar-refractivity contribution in [3.63, 3.8) is 0 Å². The van der Waals surface area contributed by atoms with Gasteiger partial charge in [0.2, 0.25) is 0 Å². The molecule has 21 heavy (non-hydrogen) atoms. The SMILES string of the molecule is CNC(C)CNC(=O)c1ccccc1-c1nc(C)no1.Cl. The molecule has 0 aliphatic heterocycles. The van der Waals surface area contributed by atoms with Gasteiger partial charge in [-0.2, -0.15) is 4.98 Å². The van der Waals surface area contributed by atoms with Crippen LogP contribution in [0.4, 0.5) is 0 Å². The molecule has 0 aliphatic rings. The molecule has 0 aliphatic carbocycles. The topological polar surface area (TPSA) is 80.0 Å². The van der Waals surface area contributed by atoms with Crippen LogP contribution in [-0.4, -0.2) is 35.7 Å². The van der Waals surface area contributed by atoms with Crippen LogP contribution < -0.4 is 10.6 Å². The summed E-state index contributed by atoms with van der Waals surface area (Å²) in [5.41, 5.74) is 1.17. The lowest BCUT2D eigenvalue weighted by atomic mass is 10.1. The minimum Gasteiger partial charge on any atom is -0.350 e. The molecule has 1 aromatic carbocycles. The Kier molecular flexibility index (Phi) is 6.33. The highest BCUT2D eigenvalue weighted by Crippen LogP contribution is 2.21. The van der Waals surface area contributed by atoms with Crippen molar-refractivity contribution in [2.45, 2.75) is 19.9 Å². The van der Waals surface area contributed by atoms with Gasteiger partial charge in [-0.25, -0.2) is 0 Å². The lowest BCUT2D eigenvalue weighted by Crippen LogP contribution is -2.37. The maximum absolute atomic E-state index is 12.2. The predicted molar refractivity (Wildman–Crippen MR) is 82.6 cm³/mol. The average molecular weight is 311 g/mol. The Morgan fingerprint density at radius 1 is 1.38 bits per heavy atom. The molecule has 6 nitrogen and oxygen atoms in total. The van der Waals surface area contributed by atoms with Crippen LogP contribution in [0, 0.1) is 6.92 Å². The summed E-state index contributed by atoms with van der Waals surface area (Å²) in [7, 11) is 1.85. The molecule has 2 rings (SSSR count). The van der Waals surface area contributed by atoms with Crippen molar-refractivity contribution < 1.29 is 9.32 Å². The molecule has 0 saturated heterocycles. The maximum Gasteiger partial charge on any atom is 0.258 e. The zero-order chi connectivity index (χ0) is 14.5. The summed E-state index contributed by atoms with van der Waals surface area (Å²) >= 11 is 0. The van der Waals surface area contributed by atoms with Crippen LogP contribution in [0.3, 0.4) is 0 Å². The number of amides is 1. The second-order valence-electron chi connectivity index (χ2n) is 4.59. The normalized spacial score (nSPS) is 11.6. The number of aromatic nitrogens is 2. The first-order valence-electron chi connectivity index (χ1n) is 6.47. The van der Waals surface area contributed by atoms with Gasteiger partial charge in [0.25, 0.3) is 11.8 Å². The summed E-state index contributed by atoms with van der Waals surface area (Å²) in [6.07, 6.45) is 0. The van der Waals surface area contributed by atoms with Gasteiger partial charge in [0.15, 0.2) is 5.82 Å². The molecule has 1 aromatic heterocycles. The van der Waals surface area contributed by atoms with E-state index < -0.39 is 0 Å². The molecular weight excluding hydrogens is 292 g/mol. The van der Waals surface area contributed by atoms with Crippen molar-refractivity contribution >= 4 is 18.3 Å². The van der Waals surface area contributed by atoms with Gasteiger partial charge in [0.1, 0.15) is 0 Å². The van der Waals surface area contributed by atoms with E-state index in [0.717, 1.165) is 0 Å². The Bertz CT molecular complexity index is 600. The number of rotatable bonds is 5. The first-order valence-corrected chi connectivity index (χ1v) is 6.47. The molecule has 1 atom stereocenters. The fourth-order valence-corrected chi connectivity index (χ4v) is 1.72. The van der Waals surface area contributed by atoms with Gasteiger partial charge >= 0.3 is 0 Å². The Hall–Kier alpha value is -1.92. The highest BCUT2D eigenvalue weighted by molar-refractivity contribution is 5.99. The number of aryl methyl sites for hydroxylation is 1. The Morgan fingerprint density at radius 2 is 2.10 bits per heavy atom. The third kappa shape index (κ3) is 4.27. The van der Waals surface area contributed by atoms with Crippen molar-refractivity contribution in [1.29, 1.82) is 0 Å². The van der Waals surface area contributed by atoms with E-state index in [0.29, 0.717) is 29.4 Å². The quantitative estimate of drug-likeness (QED) is 0.880. The highest BCUT2D eigenvalue weighted by Gasteiger charge is 2.16. The van der Waals surface area contributed by atoms with Crippen molar-refractivity contribution in [3.05, 3.63) is 35.7 Å². The van der Waals surface area contributed by atoms with Gasteiger partial charge in [0.05, 0.1) is 11.1 Å². The molecule has 2 aromatic rings. The van der Waals surface area contributed by atoms with E-state index >= 15 is 0 Å². The van der Waals surface area contributed by atoms with E-state index in [9.17, 15) is 4.79 Å². The highest BCUT2D eigenvalue weighted by atomic mass is 35.5. The molecule has 7 heteroatoms. The number of benzene rings is 1. The summed E-state index contributed by atoms with van der Waals surface area (Å²) in [6, 6.07) is 7.39. The summed E-state index contributed by atoms with van der Waals surface area (Å²) in [5, 5.41) is 9.69. The third-order valence-corrected chi connectivity index (χ3v) is 2.99. The van der Waals surface area contributed by atoms with Crippen molar-refractivity contribution in [1.82, 2.24) is 20.8 Å². The molecule has 2 N–H and O–H groups in total. The fraction of sp³-hybridized carbons (Fsp3) is 0.357. The van der Waals surface area contributed by atoms with Crippen molar-refractivity contribution in [3.8, 4) is 11.5 Å². The van der Waals surface area contributed by atoms with Gasteiger partial charge in [-0.3, -0.25) is 4.79 Å². The summed E-state index contributed by atoms with van der Waals surface area (Å²) in [6.45, 7) is 4.28. The molecule has 1 heterocycles. The molecule has 1 amide bonds. The molecule has 0 spiro atoms. The lowest BCUT2D eigenvalue weighted by Gasteiger charge is -2.12. The lowest BCUT2D eigenvalue weighted by molar-refractivity contribution is 0.0951. The van der Waals surface area contributed by atoms with Crippen LogP contribution in [0.5, 0.6) is 0 Å². The minimum atomic E-state index is -0.154. The number of carbonyl (C=O) groups is 1. The van der Waals surface area contributed by atoms with Crippen LogP contribution in [0.1, 0.15) is 23.1 Å². The van der Waals surface area contributed by atoms with Gasteiger partial charge in [0, 0.05) is 12.6 Å². The van der Waals surface area contributed by atoms with E-state index in [1.165, 1.54) is 0 Å². The van der Waals surface area contributed by atoms with E-state index in [-0.39, 0.29) is 24.4 Å². The molecule has 0 radical (unpaired) electrons. The van der Waals surface area contributed by atoms with Crippen LogP contribution in [0.15, 0.2) is 28.8 Å². The summed E-state index contributed by atoms with van der Waals surface area (Å²) < 4.78 is 5.13. The van der Waals surface area contributed by atoms with Gasteiger partial charge in [-0.15, -0.1) is 12.4 Å². The zero-order valence-electron chi connectivity index (χ0n) is 12.2. The number of nitrogens with one attached hydrogen (secondary N) is 2. The van der Waals surface area contributed by atoms with Crippen LogP contribution in [-0.2, 0) is 0 Å².